The molecule has 7 heteroatoms. The molecule has 1 atom stereocenters. The van der Waals surface area contributed by atoms with Gasteiger partial charge in [0.1, 0.15) is 6.07 Å². The second-order valence-corrected chi connectivity index (χ2v) is 7.56. The summed E-state index contributed by atoms with van der Waals surface area (Å²) in [6.07, 6.45) is 1.99. The summed E-state index contributed by atoms with van der Waals surface area (Å²) >= 11 is 6.21. The first-order valence-electron chi connectivity index (χ1n) is 9.61. The maximum Gasteiger partial charge on any atom is 0.222 e. The number of hydrogen-bond donors (Lipinski definition) is 0. The highest BCUT2D eigenvalue weighted by molar-refractivity contribution is 6.32. The van der Waals surface area contributed by atoms with E-state index in [1.54, 1.807) is 24.3 Å². The number of carbonyl (C=O) groups is 1. The number of benzene rings is 2. The zero-order chi connectivity index (χ0) is 21.0. The van der Waals surface area contributed by atoms with Crippen LogP contribution in [0.5, 0.6) is 0 Å². The standard InChI is InChI=1S/C22H22ClF2N3O/c1-2-4-21(29)27-10-9-18(14-27)28(13-16-5-3-6-20(24)22(16)25)17-8-7-15(12-26)19(23)11-17/h3,5-8,11,18H,2,4,9-10,13-14H2,1H3/t18-/m0/s1. The number of nitrogens with zero attached hydrogens (tertiary/aromatic N) is 3. The van der Waals surface area contributed by atoms with Gasteiger partial charge in [0.25, 0.3) is 0 Å². The highest BCUT2D eigenvalue weighted by atomic mass is 35.5. The van der Waals surface area contributed by atoms with Gasteiger partial charge in [0.15, 0.2) is 11.6 Å². The summed E-state index contributed by atoms with van der Waals surface area (Å²) in [5.41, 5.74) is 1.27. The third-order valence-electron chi connectivity index (χ3n) is 5.20. The maximum absolute atomic E-state index is 14.3. The fourth-order valence-electron chi connectivity index (χ4n) is 3.65. The summed E-state index contributed by atoms with van der Waals surface area (Å²) in [5.74, 6) is -1.68. The number of likely N-dealkylation sites (tertiary alicyclic amines) is 1. The summed E-state index contributed by atoms with van der Waals surface area (Å²) < 4.78 is 28.1. The van der Waals surface area contributed by atoms with Gasteiger partial charge in [-0.25, -0.2) is 8.78 Å². The van der Waals surface area contributed by atoms with E-state index in [1.807, 2.05) is 22.8 Å². The predicted octanol–water partition coefficient (Wildman–Crippen LogP) is 4.90. The molecule has 29 heavy (non-hydrogen) atoms. The van der Waals surface area contributed by atoms with Crippen LogP contribution in [-0.4, -0.2) is 29.9 Å². The lowest BCUT2D eigenvalue weighted by molar-refractivity contribution is -0.130. The van der Waals surface area contributed by atoms with Gasteiger partial charge in [0.05, 0.1) is 10.6 Å². The maximum atomic E-state index is 14.3. The molecule has 0 bridgehead atoms. The highest BCUT2D eigenvalue weighted by Gasteiger charge is 2.31. The number of anilines is 1. The van der Waals surface area contributed by atoms with Gasteiger partial charge in [0.2, 0.25) is 5.91 Å². The Balaban J connectivity index is 1.92. The van der Waals surface area contributed by atoms with Crippen LogP contribution in [0.3, 0.4) is 0 Å². The molecule has 0 spiro atoms. The molecular weight excluding hydrogens is 396 g/mol. The summed E-state index contributed by atoms with van der Waals surface area (Å²) in [5, 5.41) is 9.42. The minimum absolute atomic E-state index is 0.0672. The molecule has 0 unspecified atom stereocenters. The van der Waals surface area contributed by atoms with E-state index in [2.05, 4.69) is 0 Å². The Bertz CT molecular complexity index is 944. The zero-order valence-electron chi connectivity index (χ0n) is 16.2. The molecule has 2 aromatic rings. The average Bonchev–Trinajstić information content (AvgIpc) is 3.19. The largest absolute Gasteiger partial charge is 0.362 e. The lowest BCUT2D eigenvalue weighted by atomic mass is 10.1. The van der Waals surface area contributed by atoms with Crippen LogP contribution >= 0.6 is 11.6 Å². The molecule has 1 saturated heterocycles. The van der Waals surface area contributed by atoms with E-state index in [0.717, 1.165) is 12.5 Å². The van der Waals surface area contributed by atoms with Crippen molar-refractivity contribution in [2.75, 3.05) is 18.0 Å². The van der Waals surface area contributed by atoms with E-state index in [9.17, 15) is 13.6 Å². The predicted molar refractivity (Wildman–Crippen MR) is 109 cm³/mol. The fourth-order valence-corrected chi connectivity index (χ4v) is 3.87. The van der Waals surface area contributed by atoms with E-state index < -0.39 is 11.6 Å². The second-order valence-electron chi connectivity index (χ2n) is 7.15. The van der Waals surface area contributed by atoms with Crippen LogP contribution < -0.4 is 4.90 Å². The molecule has 0 N–H and O–H groups in total. The Kier molecular flexibility index (Phi) is 6.71. The number of carbonyl (C=O) groups excluding carboxylic acids is 1. The number of halogens is 3. The lowest BCUT2D eigenvalue weighted by Gasteiger charge is -2.32. The number of hydrogen-bond acceptors (Lipinski definition) is 3. The molecule has 3 rings (SSSR count). The SMILES string of the molecule is CCCC(=O)N1CC[C@H](N(Cc2cccc(F)c2F)c2ccc(C#N)c(Cl)c2)C1. The Morgan fingerprint density at radius 2 is 2.14 bits per heavy atom. The van der Waals surface area contributed by atoms with E-state index in [-0.39, 0.29) is 24.1 Å². The molecule has 1 aliphatic rings. The van der Waals surface area contributed by atoms with Crippen molar-refractivity contribution in [1.82, 2.24) is 4.90 Å². The molecule has 1 aliphatic heterocycles. The average molecular weight is 418 g/mol. The van der Waals surface area contributed by atoms with Gasteiger partial charge in [-0.05, 0) is 37.1 Å². The smallest absolute Gasteiger partial charge is 0.222 e. The second kappa shape index (κ2) is 9.23. The minimum atomic E-state index is -0.897. The molecule has 0 aromatic heterocycles. The first-order chi connectivity index (χ1) is 13.9. The highest BCUT2D eigenvalue weighted by Crippen LogP contribution is 2.30. The summed E-state index contributed by atoms with van der Waals surface area (Å²) in [6, 6.07) is 11.1. The van der Waals surface area contributed by atoms with Gasteiger partial charge in [-0.1, -0.05) is 30.7 Å². The minimum Gasteiger partial charge on any atom is -0.362 e. The first kappa shape index (κ1) is 21.1. The van der Waals surface area contributed by atoms with Crippen LogP contribution in [0, 0.1) is 23.0 Å². The van der Waals surface area contributed by atoms with Crippen molar-refractivity contribution in [2.45, 2.75) is 38.8 Å². The Morgan fingerprint density at radius 3 is 2.83 bits per heavy atom. The third kappa shape index (κ3) is 4.68. The normalized spacial score (nSPS) is 16.0. The molecular formula is C22H22ClF2N3O. The molecule has 0 radical (unpaired) electrons. The van der Waals surface area contributed by atoms with Crippen LogP contribution in [-0.2, 0) is 11.3 Å². The van der Waals surface area contributed by atoms with Crippen molar-refractivity contribution in [1.29, 1.82) is 5.26 Å². The molecule has 1 amide bonds. The van der Waals surface area contributed by atoms with Crippen LogP contribution in [0.4, 0.5) is 14.5 Å². The van der Waals surface area contributed by atoms with Gasteiger partial charge in [-0.2, -0.15) is 5.26 Å². The Labute approximate surface area is 174 Å². The molecule has 2 aromatic carbocycles. The van der Waals surface area contributed by atoms with E-state index in [4.69, 9.17) is 16.9 Å². The van der Waals surface area contributed by atoms with Crippen molar-refractivity contribution in [3.05, 3.63) is 64.2 Å². The van der Waals surface area contributed by atoms with Crippen molar-refractivity contribution >= 4 is 23.2 Å². The van der Waals surface area contributed by atoms with Crippen LogP contribution in [0.25, 0.3) is 0 Å². The van der Waals surface area contributed by atoms with Gasteiger partial charge in [0, 0.05) is 43.3 Å². The lowest BCUT2D eigenvalue weighted by Crippen LogP contribution is -2.39. The van der Waals surface area contributed by atoms with Crippen molar-refractivity contribution in [3.8, 4) is 6.07 Å². The third-order valence-corrected chi connectivity index (χ3v) is 5.51. The van der Waals surface area contributed by atoms with Crippen LogP contribution in [0.15, 0.2) is 36.4 Å². The molecule has 0 aliphatic carbocycles. The van der Waals surface area contributed by atoms with Crippen molar-refractivity contribution in [3.63, 3.8) is 0 Å². The molecule has 1 heterocycles. The molecule has 4 nitrogen and oxygen atoms in total. The van der Waals surface area contributed by atoms with E-state index in [1.165, 1.54) is 6.07 Å². The summed E-state index contributed by atoms with van der Waals surface area (Å²) in [6.45, 7) is 3.22. The number of amides is 1. The zero-order valence-corrected chi connectivity index (χ0v) is 16.9. The number of rotatable bonds is 6. The molecule has 1 fully saturated rings. The number of nitriles is 1. The Hall–Kier alpha value is -2.65. The monoisotopic (exact) mass is 417 g/mol. The first-order valence-corrected chi connectivity index (χ1v) is 9.99. The van der Waals surface area contributed by atoms with Gasteiger partial charge < -0.3 is 9.80 Å². The van der Waals surface area contributed by atoms with Crippen LogP contribution in [0.1, 0.15) is 37.3 Å². The topological polar surface area (TPSA) is 47.3 Å². The quantitative estimate of drug-likeness (QED) is 0.671. The fraction of sp³-hybridized carbons (Fsp3) is 0.364. The Morgan fingerprint density at radius 1 is 1.34 bits per heavy atom. The molecule has 0 saturated carbocycles. The van der Waals surface area contributed by atoms with Crippen molar-refractivity contribution < 1.29 is 13.6 Å². The summed E-state index contributed by atoms with van der Waals surface area (Å²) in [7, 11) is 0. The van der Waals surface area contributed by atoms with E-state index in [0.29, 0.717) is 42.2 Å². The van der Waals surface area contributed by atoms with Gasteiger partial charge in [-0.3, -0.25) is 4.79 Å². The van der Waals surface area contributed by atoms with Crippen molar-refractivity contribution in [2.24, 2.45) is 0 Å². The van der Waals surface area contributed by atoms with Gasteiger partial charge in [-0.15, -0.1) is 0 Å². The summed E-state index contributed by atoms with van der Waals surface area (Å²) in [4.78, 5) is 16.0. The van der Waals surface area contributed by atoms with Crippen LogP contribution in [0.2, 0.25) is 5.02 Å². The molecule has 152 valence electrons. The van der Waals surface area contributed by atoms with E-state index >= 15 is 0 Å². The van der Waals surface area contributed by atoms with Gasteiger partial charge >= 0.3 is 0 Å².